The molecular formula is C13H13N5O2. The summed E-state index contributed by atoms with van der Waals surface area (Å²) in [6.45, 7) is 1.39. The van der Waals surface area contributed by atoms with Crippen LogP contribution in [0.3, 0.4) is 0 Å². The van der Waals surface area contributed by atoms with E-state index in [-0.39, 0.29) is 0 Å². The summed E-state index contributed by atoms with van der Waals surface area (Å²) in [4.78, 5) is 28.9. The van der Waals surface area contributed by atoms with Crippen molar-refractivity contribution >= 4 is 5.97 Å². The molecule has 0 aromatic carbocycles. The number of fused-ring (bicyclic) bond motifs is 1. The molecule has 7 nitrogen and oxygen atoms in total. The van der Waals surface area contributed by atoms with Gasteiger partial charge in [0, 0.05) is 24.5 Å². The van der Waals surface area contributed by atoms with Crippen LogP contribution in [-0.2, 0) is 17.7 Å². The Morgan fingerprint density at radius 1 is 1.25 bits per heavy atom. The molecule has 0 unspecified atom stereocenters. The Balaban J connectivity index is 2.15. The lowest BCUT2D eigenvalue weighted by molar-refractivity contribution is 0.0592. The average molecular weight is 271 g/mol. The van der Waals surface area contributed by atoms with E-state index in [0.29, 0.717) is 30.3 Å². The van der Waals surface area contributed by atoms with Crippen molar-refractivity contribution in [2.75, 3.05) is 13.7 Å². The number of ether oxygens (including phenoxy) is 1. The lowest BCUT2D eigenvalue weighted by atomic mass is 10.0. The lowest BCUT2D eigenvalue weighted by Crippen LogP contribution is -2.28. The van der Waals surface area contributed by atoms with Gasteiger partial charge in [0.15, 0.2) is 17.3 Å². The van der Waals surface area contributed by atoms with Crippen molar-refractivity contribution in [2.24, 2.45) is 0 Å². The molecule has 3 heterocycles. The van der Waals surface area contributed by atoms with E-state index in [9.17, 15) is 4.79 Å². The van der Waals surface area contributed by atoms with Gasteiger partial charge in [0.25, 0.3) is 0 Å². The first-order valence-corrected chi connectivity index (χ1v) is 6.26. The Bertz CT molecular complexity index is 645. The third kappa shape index (κ3) is 2.23. The third-order valence-electron chi connectivity index (χ3n) is 3.08. The van der Waals surface area contributed by atoms with E-state index in [1.165, 1.54) is 7.11 Å². The van der Waals surface area contributed by atoms with E-state index >= 15 is 0 Å². The zero-order chi connectivity index (χ0) is 13.9. The number of rotatable bonds is 2. The number of esters is 1. The minimum Gasteiger partial charge on any atom is -0.464 e. The highest BCUT2D eigenvalue weighted by Gasteiger charge is 2.23. The average Bonchev–Trinajstić information content (AvgIpc) is 2.54. The molecular weight excluding hydrogens is 258 g/mol. The molecule has 0 bridgehead atoms. The summed E-state index contributed by atoms with van der Waals surface area (Å²) < 4.78 is 4.80. The van der Waals surface area contributed by atoms with Crippen LogP contribution in [-0.4, -0.2) is 39.6 Å². The van der Waals surface area contributed by atoms with E-state index < -0.39 is 5.97 Å². The molecule has 0 spiro atoms. The van der Waals surface area contributed by atoms with Crippen LogP contribution in [0.5, 0.6) is 0 Å². The molecule has 0 atom stereocenters. The number of methoxy groups -OCH3 is 1. The lowest BCUT2D eigenvalue weighted by Gasteiger charge is -2.18. The number of hydrogen-bond donors (Lipinski definition) is 1. The van der Waals surface area contributed by atoms with Crippen LogP contribution in [0.2, 0.25) is 0 Å². The molecule has 0 saturated heterocycles. The maximum atomic E-state index is 11.9. The minimum absolute atomic E-state index is 0.307. The van der Waals surface area contributed by atoms with Crippen molar-refractivity contribution in [2.45, 2.75) is 13.0 Å². The fourth-order valence-corrected chi connectivity index (χ4v) is 2.14. The summed E-state index contributed by atoms with van der Waals surface area (Å²) in [6, 6.07) is 1.71. The van der Waals surface area contributed by atoms with E-state index in [1.54, 1.807) is 18.5 Å². The fourth-order valence-electron chi connectivity index (χ4n) is 2.14. The Morgan fingerprint density at radius 2 is 2.05 bits per heavy atom. The van der Waals surface area contributed by atoms with E-state index in [2.05, 4.69) is 25.3 Å². The predicted molar refractivity (Wildman–Crippen MR) is 69.8 cm³/mol. The fraction of sp³-hybridized carbons (Fsp3) is 0.308. The van der Waals surface area contributed by atoms with Crippen LogP contribution in [0.1, 0.15) is 21.7 Å². The quantitative estimate of drug-likeness (QED) is 0.789. The van der Waals surface area contributed by atoms with Crippen molar-refractivity contribution < 1.29 is 9.53 Å². The Hall–Kier alpha value is -2.41. The number of nitrogens with zero attached hydrogens (tertiary/aromatic N) is 4. The normalized spacial score (nSPS) is 13.7. The smallest absolute Gasteiger partial charge is 0.357 e. The van der Waals surface area contributed by atoms with Crippen LogP contribution in [0, 0.1) is 0 Å². The van der Waals surface area contributed by atoms with Crippen molar-refractivity contribution in [1.29, 1.82) is 0 Å². The van der Waals surface area contributed by atoms with E-state index in [4.69, 9.17) is 4.74 Å². The first-order valence-electron chi connectivity index (χ1n) is 6.26. The SMILES string of the molecule is COC(=O)c1nc(-c2ncccn2)nc2c1CCNC2. The summed E-state index contributed by atoms with van der Waals surface area (Å²) in [5.41, 5.74) is 1.95. The van der Waals surface area contributed by atoms with Gasteiger partial charge in [-0.3, -0.25) is 0 Å². The zero-order valence-electron chi connectivity index (χ0n) is 11.0. The number of carbonyl (C=O) groups is 1. The second kappa shape index (κ2) is 5.30. The highest BCUT2D eigenvalue weighted by molar-refractivity contribution is 5.89. The number of nitrogens with one attached hydrogen (secondary N) is 1. The van der Waals surface area contributed by atoms with Crippen molar-refractivity contribution in [3.05, 3.63) is 35.4 Å². The summed E-state index contributed by atoms with van der Waals surface area (Å²) in [6.07, 6.45) is 3.93. The van der Waals surface area contributed by atoms with Crippen LogP contribution >= 0.6 is 0 Å². The van der Waals surface area contributed by atoms with Gasteiger partial charge in [-0.15, -0.1) is 0 Å². The highest BCUT2D eigenvalue weighted by Crippen LogP contribution is 2.20. The van der Waals surface area contributed by atoms with Gasteiger partial charge in [0.2, 0.25) is 0 Å². The Kier molecular flexibility index (Phi) is 3.34. The molecule has 0 radical (unpaired) electrons. The van der Waals surface area contributed by atoms with Gasteiger partial charge in [0.05, 0.1) is 12.8 Å². The second-order valence-electron chi connectivity index (χ2n) is 4.31. The molecule has 20 heavy (non-hydrogen) atoms. The van der Waals surface area contributed by atoms with Crippen molar-refractivity contribution in [1.82, 2.24) is 25.3 Å². The highest BCUT2D eigenvalue weighted by atomic mass is 16.5. The van der Waals surface area contributed by atoms with E-state index in [0.717, 1.165) is 17.8 Å². The second-order valence-corrected chi connectivity index (χ2v) is 4.31. The van der Waals surface area contributed by atoms with Gasteiger partial charge in [-0.1, -0.05) is 0 Å². The Labute approximate surface area is 115 Å². The summed E-state index contributed by atoms with van der Waals surface area (Å²) in [5, 5.41) is 3.22. The van der Waals surface area contributed by atoms with Gasteiger partial charge in [-0.05, 0) is 19.0 Å². The monoisotopic (exact) mass is 271 g/mol. The predicted octanol–water partition coefficient (Wildman–Crippen LogP) is 0.366. The molecule has 2 aromatic heterocycles. The van der Waals surface area contributed by atoms with Crippen molar-refractivity contribution in [3.8, 4) is 11.6 Å². The molecule has 7 heteroatoms. The summed E-state index contributed by atoms with van der Waals surface area (Å²) in [7, 11) is 1.34. The molecule has 102 valence electrons. The Morgan fingerprint density at radius 3 is 2.80 bits per heavy atom. The van der Waals surface area contributed by atoms with Gasteiger partial charge >= 0.3 is 5.97 Å². The third-order valence-corrected chi connectivity index (χ3v) is 3.08. The first kappa shape index (κ1) is 12.6. The molecule has 0 aliphatic carbocycles. The van der Waals surface area contributed by atoms with Gasteiger partial charge in [-0.25, -0.2) is 24.7 Å². The van der Waals surface area contributed by atoms with E-state index in [1.807, 2.05) is 0 Å². The van der Waals surface area contributed by atoms with Crippen LogP contribution in [0.4, 0.5) is 0 Å². The molecule has 1 aliphatic rings. The summed E-state index contributed by atoms with van der Waals surface area (Å²) in [5.74, 6) is 0.280. The summed E-state index contributed by atoms with van der Waals surface area (Å²) >= 11 is 0. The molecule has 2 aromatic rings. The maximum absolute atomic E-state index is 11.9. The molecule has 0 fully saturated rings. The molecule has 3 rings (SSSR count). The number of carbonyl (C=O) groups excluding carboxylic acids is 1. The standard InChI is InChI=1S/C13H13N5O2/c1-20-13(19)10-8-3-6-14-7-9(8)17-12(18-10)11-15-4-2-5-16-11/h2,4-5,14H,3,6-7H2,1H3. The number of hydrogen-bond acceptors (Lipinski definition) is 7. The molecule has 1 aliphatic heterocycles. The largest absolute Gasteiger partial charge is 0.464 e. The molecule has 0 saturated carbocycles. The number of aromatic nitrogens is 4. The first-order chi connectivity index (χ1) is 9.79. The van der Waals surface area contributed by atoms with Crippen LogP contribution < -0.4 is 5.32 Å². The molecule has 1 N–H and O–H groups in total. The van der Waals surface area contributed by atoms with Gasteiger partial charge in [-0.2, -0.15) is 0 Å². The maximum Gasteiger partial charge on any atom is 0.357 e. The van der Waals surface area contributed by atoms with Gasteiger partial charge < -0.3 is 10.1 Å². The van der Waals surface area contributed by atoms with Gasteiger partial charge in [0.1, 0.15) is 0 Å². The zero-order valence-corrected chi connectivity index (χ0v) is 11.0. The van der Waals surface area contributed by atoms with Crippen LogP contribution in [0.15, 0.2) is 18.5 Å². The molecule has 0 amide bonds. The van der Waals surface area contributed by atoms with Crippen LogP contribution in [0.25, 0.3) is 11.6 Å². The minimum atomic E-state index is -0.456. The van der Waals surface area contributed by atoms with Crippen molar-refractivity contribution in [3.63, 3.8) is 0 Å². The topological polar surface area (TPSA) is 89.9 Å².